The fourth-order valence-corrected chi connectivity index (χ4v) is 2.94. The number of carbonyl (C=O) groups excluding carboxylic acids is 2. The van der Waals surface area contributed by atoms with Crippen LogP contribution in [0.5, 0.6) is 0 Å². The van der Waals surface area contributed by atoms with Crippen LogP contribution in [0.1, 0.15) is 48.0 Å². The van der Waals surface area contributed by atoms with Crippen LogP contribution < -0.4 is 0 Å². The van der Waals surface area contributed by atoms with Gasteiger partial charge >= 0.3 is 5.97 Å². The maximum atomic E-state index is 12.7. The van der Waals surface area contributed by atoms with Crippen molar-refractivity contribution in [2.75, 3.05) is 14.2 Å². The Balaban J connectivity index is 3.02. The molecule has 7 heteroatoms. The van der Waals surface area contributed by atoms with Gasteiger partial charge in [0.1, 0.15) is 24.4 Å². The molecule has 0 aliphatic carbocycles. The molecule has 1 heterocycles. The van der Waals surface area contributed by atoms with Gasteiger partial charge in [0.2, 0.25) is 0 Å². The number of hydrogen-bond donors (Lipinski definition) is 1. The molecule has 1 aliphatic rings. The lowest BCUT2D eigenvalue weighted by Crippen LogP contribution is -2.59. The predicted octanol–water partition coefficient (Wildman–Crippen LogP) is 2.25. The minimum absolute atomic E-state index is 0.0679. The summed E-state index contributed by atoms with van der Waals surface area (Å²) < 4.78 is 21.7. The molecule has 156 valence electrons. The average Bonchev–Trinajstić information content (AvgIpc) is 2.55. The Morgan fingerprint density at radius 2 is 1.81 bits per heavy atom. The molecule has 0 spiro atoms. The molecule has 0 unspecified atom stereocenters. The minimum atomic E-state index is -1.10. The molecule has 5 atom stereocenters. The summed E-state index contributed by atoms with van der Waals surface area (Å²) in [6.45, 7) is 11.2. The number of esters is 1. The SMILES string of the molecule is COC(=O)[C@H](C)CC(=O)[C@H](OC)[C@@H]1OC(C)(C)O[C@H](/C=C/C(C)(C)C)[C@H]1O. The van der Waals surface area contributed by atoms with Crippen molar-refractivity contribution in [1.82, 2.24) is 0 Å². The molecular formula is C20H34O7. The summed E-state index contributed by atoms with van der Waals surface area (Å²) in [5.41, 5.74) is -0.0898. The zero-order valence-electron chi connectivity index (χ0n) is 17.6. The van der Waals surface area contributed by atoms with Crippen LogP contribution in [0.2, 0.25) is 0 Å². The number of rotatable bonds is 7. The van der Waals surface area contributed by atoms with E-state index < -0.39 is 42.1 Å². The predicted molar refractivity (Wildman–Crippen MR) is 100 cm³/mol. The largest absolute Gasteiger partial charge is 0.469 e. The maximum absolute atomic E-state index is 12.7. The lowest BCUT2D eigenvalue weighted by atomic mass is 9.91. The van der Waals surface area contributed by atoms with Gasteiger partial charge in [-0.25, -0.2) is 0 Å². The second kappa shape index (κ2) is 9.28. The number of carbonyl (C=O) groups is 2. The monoisotopic (exact) mass is 386 g/mol. The van der Waals surface area contributed by atoms with E-state index in [2.05, 4.69) is 4.74 Å². The first-order valence-electron chi connectivity index (χ1n) is 9.17. The van der Waals surface area contributed by atoms with Crippen LogP contribution >= 0.6 is 0 Å². The van der Waals surface area contributed by atoms with Gasteiger partial charge in [0.15, 0.2) is 11.6 Å². The standard InChI is InChI=1S/C20H34O7/c1-12(18(23)25-8)11-13(21)16(24-7)17-15(22)14(9-10-19(2,3)4)26-20(5,6)27-17/h9-10,12,14-17,22H,11H2,1-8H3/b10-9+/t12-,14-,15-,16+,17-/m1/s1. The summed E-state index contributed by atoms with van der Waals surface area (Å²) in [6.07, 6.45) is -0.0352. The van der Waals surface area contributed by atoms with Crippen molar-refractivity contribution in [2.45, 2.75) is 78.2 Å². The van der Waals surface area contributed by atoms with E-state index in [0.717, 1.165) is 0 Å². The summed E-state index contributed by atoms with van der Waals surface area (Å²) >= 11 is 0. The summed E-state index contributed by atoms with van der Waals surface area (Å²) in [7, 11) is 2.65. The van der Waals surface area contributed by atoms with Crippen molar-refractivity contribution in [1.29, 1.82) is 0 Å². The quantitative estimate of drug-likeness (QED) is 0.530. The van der Waals surface area contributed by atoms with E-state index in [-0.39, 0.29) is 17.6 Å². The van der Waals surface area contributed by atoms with Crippen molar-refractivity contribution >= 4 is 11.8 Å². The fourth-order valence-electron chi connectivity index (χ4n) is 2.94. The van der Waals surface area contributed by atoms with Crippen LogP contribution in [0.3, 0.4) is 0 Å². The third-order valence-electron chi connectivity index (χ3n) is 4.28. The van der Waals surface area contributed by atoms with E-state index in [4.69, 9.17) is 14.2 Å². The molecule has 1 saturated heterocycles. The number of hydrogen-bond acceptors (Lipinski definition) is 7. The van der Waals surface area contributed by atoms with Crippen LogP contribution in [0.25, 0.3) is 0 Å². The van der Waals surface area contributed by atoms with Gasteiger partial charge in [-0.15, -0.1) is 0 Å². The molecule has 7 nitrogen and oxygen atoms in total. The first-order valence-corrected chi connectivity index (χ1v) is 9.17. The highest BCUT2D eigenvalue weighted by Crippen LogP contribution is 2.32. The highest BCUT2D eigenvalue weighted by atomic mass is 16.7. The van der Waals surface area contributed by atoms with Crippen molar-refractivity contribution in [3.8, 4) is 0 Å². The average molecular weight is 386 g/mol. The number of methoxy groups -OCH3 is 2. The van der Waals surface area contributed by atoms with Gasteiger partial charge in [0.25, 0.3) is 0 Å². The third-order valence-corrected chi connectivity index (χ3v) is 4.28. The Morgan fingerprint density at radius 1 is 1.22 bits per heavy atom. The van der Waals surface area contributed by atoms with Gasteiger partial charge in [0.05, 0.1) is 13.0 Å². The molecule has 1 fully saturated rings. The second-order valence-electron chi connectivity index (χ2n) is 8.53. The maximum Gasteiger partial charge on any atom is 0.308 e. The molecule has 27 heavy (non-hydrogen) atoms. The lowest BCUT2D eigenvalue weighted by molar-refractivity contribution is -0.334. The highest BCUT2D eigenvalue weighted by molar-refractivity contribution is 5.88. The van der Waals surface area contributed by atoms with Crippen molar-refractivity contribution in [3.63, 3.8) is 0 Å². The van der Waals surface area contributed by atoms with E-state index >= 15 is 0 Å². The molecule has 0 saturated carbocycles. The van der Waals surface area contributed by atoms with Crippen molar-refractivity contribution in [3.05, 3.63) is 12.2 Å². The molecule has 0 amide bonds. The van der Waals surface area contributed by atoms with E-state index in [1.54, 1.807) is 26.8 Å². The van der Waals surface area contributed by atoms with Gasteiger partial charge < -0.3 is 24.1 Å². The fraction of sp³-hybridized carbons (Fsp3) is 0.800. The molecule has 0 radical (unpaired) electrons. The van der Waals surface area contributed by atoms with Crippen molar-refractivity contribution in [2.24, 2.45) is 11.3 Å². The second-order valence-corrected chi connectivity index (χ2v) is 8.53. The van der Waals surface area contributed by atoms with Gasteiger partial charge in [-0.3, -0.25) is 9.59 Å². The first kappa shape index (κ1) is 23.8. The number of aliphatic hydroxyl groups is 1. The summed E-state index contributed by atoms with van der Waals surface area (Å²) in [4.78, 5) is 24.3. The molecule has 0 aromatic carbocycles. The van der Waals surface area contributed by atoms with Crippen LogP contribution in [0.4, 0.5) is 0 Å². The topological polar surface area (TPSA) is 91.3 Å². The summed E-state index contributed by atoms with van der Waals surface area (Å²) in [5, 5.41) is 10.8. The highest BCUT2D eigenvalue weighted by Gasteiger charge is 2.47. The van der Waals surface area contributed by atoms with E-state index in [1.165, 1.54) is 14.2 Å². The molecule has 0 bridgehead atoms. The van der Waals surface area contributed by atoms with E-state index in [0.29, 0.717) is 0 Å². The normalized spacial score (nSPS) is 28.0. The first-order chi connectivity index (χ1) is 12.3. The molecule has 1 aliphatic heterocycles. The number of allylic oxidation sites excluding steroid dienone is 1. The smallest absolute Gasteiger partial charge is 0.308 e. The Hall–Kier alpha value is -1.28. The lowest BCUT2D eigenvalue weighted by Gasteiger charge is -2.45. The summed E-state index contributed by atoms with van der Waals surface area (Å²) in [6, 6.07) is 0. The number of ketones is 1. The molecule has 0 aromatic heterocycles. The Morgan fingerprint density at radius 3 is 2.30 bits per heavy atom. The van der Waals surface area contributed by atoms with E-state index in [9.17, 15) is 14.7 Å². The van der Waals surface area contributed by atoms with Gasteiger partial charge in [-0.1, -0.05) is 39.8 Å². The Labute approximate surface area is 162 Å². The van der Waals surface area contributed by atoms with Gasteiger partial charge in [-0.2, -0.15) is 0 Å². The zero-order valence-corrected chi connectivity index (χ0v) is 17.6. The molecule has 1 N–H and O–H groups in total. The minimum Gasteiger partial charge on any atom is -0.469 e. The van der Waals surface area contributed by atoms with Crippen LogP contribution in [0, 0.1) is 11.3 Å². The van der Waals surface area contributed by atoms with Gasteiger partial charge in [-0.05, 0) is 19.3 Å². The third kappa shape index (κ3) is 6.99. The number of Topliss-reactive ketones (excluding diaryl/α,β-unsaturated/α-hetero) is 1. The molecule has 1 rings (SSSR count). The van der Waals surface area contributed by atoms with Crippen molar-refractivity contribution < 1.29 is 33.6 Å². The number of ether oxygens (including phenoxy) is 4. The molecule has 0 aromatic rings. The Kier molecular flexibility index (Phi) is 8.16. The number of aliphatic hydroxyl groups excluding tert-OH is 1. The van der Waals surface area contributed by atoms with Crippen LogP contribution in [-0.4, -0.2) is 61.3 Å². The van der Waals surface area contributed by atoms with E-state index in [1.807, 2.05) is 26.8 Å². The van der Waals surface area contributed by atoms with Crippen LogP contribution in [-0.2, 0) is 28.5 Å². The Bertz CT molecular complexity index is 547. The van der Waals surface area contributed by atoms with Crippen LogP contribution in [0.15, 0.2) is 12.2 Å². The zero-order chi connectivity index (χ0) is 21.0. The molecular weight excluding hydrogens is 352 g/mol. The van der Waals surface area contributed by atoms with Gasteiger partial charge in [0, 0.05) is 13.5 Å². The summed E-state index contributed by atoms with van der Waals surface area (Å²) in [5.74, 6) is -2.43.